The van der Waals surface area contributed by atoms with Crippen molar-refractivity contribution < 1.29 is 23.5 Å². The number of rotatable bonds is 5. The maximum absolute atomic E-state index is 12.9. The van der Waals surface area contributed by atoms with Gasteiger partial charge in [0.2, 0.25) is 5.89 Å². The van der Waals surface area contributed by atoms with E-state index in [2.05, 4.69) is 15.5 Å². The SMILES string of the molecule is Cc1cccc(-c2nnc(COC(=O)CN3C(=O)N[C@@]4(CCCC[C@H]4C)C3=O)o2)c1. The number of nitrogens with one attached hydrogen (secondary N) is 1. The van der Waals surface area contributed by atoms with Gasteiger partial charge < -0.3 is 14.5 Å². The summed E-state index contributed by atoms with van der Waals surface area (Å²) < 4.78 is 10.7. The number of aryl methyl sites for hydroxylation is 1. The Kier molecular flexibility index (Phi) is 5.27. The molecule has 3 amide bonds. The summed E-state index contributed by atoms with van der Waals surface area (Å²) in [4.78, 5) is 38.4. The fraction of sp³-hybridized carbons (Fsp3) is 0.476. The van der Waals surface area contributed by atoms with E-state index in [0.29, 0.717) is 12.3 Å². The highest BCUT2D eigenvalue weighted by Gasteiger charge is 2.55. The third kappa shape index (κ3) is 3.67. The van der Waals surface area contributed by atoms with Crippen LogP contribution in [0.2, 0.25) is 0 Å². The first-order chi connectivity index (χ1) is 14.4. The Morgan fingerprint density at radius 2 is 2.17 bits per heavy atom. The van der Waals surface area contributed by atoms with E-state index in [1.54, 1.807) is 0 Å². The van der Waals surface area contributed by atoms with Crippen LogP contribution >= 0.6 is 0 Å². The quantitative estimate of drug-likeness (QED) is 0.593. The number of urea groups is 1. The zero-order valence-electron chi connectivity index (χ0n) is 17.0. The topological polar surface area (TPSA) is 115 Å². The van der Waals surface area contributed by atoms with Crippen LogP contribution in [0.1, 0.15) is 44.1 Å². The van der Waals surface area contributed by atoms with Gasteiger partial charge in [-0.2, -0.15) is 0 Å². The van der Waals surface area contributed by atoms with E-state index in [4.69, 9.17) is 9.15 Å². The van der Waals surface area contributed by atoms with Crippen molar-refractivity contribution in [1.82, 2.24) is 20.4 Å². The van der Waals surface area contributed by atoms with Gasteiger partial charge in [0.05, 0.1) is 0 Å². The summed E-state index contributed by atoms with van der Waals surface area (Å²) in [5.74, 6) is -0.575. The smallest absolute Gasteiger partial charge is 0.326 e. The fourth-order valence-corrected chi connectivity index (χ4v) is 4.16. The van der Waals surface area contributed by atoms with Crippen molar-refractivity contribution in [2.24, 2.45) is 5.92 Å². The molecule has 158 valence electrons. The normalized spacial score (nSPS) is 23.7. The first kappa shape index (κ1) is 20.1. The Balaban J connectivity index is 1.35. The maximum Gasteiger partial charge on any atom is 0.326 e. The highest BCUT2D eigenvalue weighted by atomic mass is 16.5. The number of hydrogen-bond donors (Lipinski definition) is 1. The minimum absolute atomic E-state index is 0.0298. The molecule has 30 heavy (non-hydrogen) atoms. The number of nitrogens with zero attached hydrogens (tertiary/aromatic N) is 3. The summed E-state index contributed by atoms with van der Waals surface area (Å²) in [5.41, 5.74) is 0.925. The van der Waals surface area contributed by atoms with Crippen LogP contribution in [0.3, 0.4) is 0 Å². The number of benzene rings is 1. The molecule has 9 heteroatoms. The molecular formula is C21H24N4O5. The van der Waals surface area contributed by atoms with Gasteiger partial charge >= 0.3 is 12.0 Å². The predicted octanol–water partition coefficient (Wildman–Crippen LogP) is 2.59. The second-order valence-electron chi connectivity index (χ2n) is 7.97. The van der Waals surface area contributed by atoms with E-state index in [1.165, 1.54) is 0 Å². The van der Waals surface area contributed by atoms with Crippen LogP contribution in [-0.4, -0.2) is 45.1 Å². The first-order valence-electron chi connectivity index (χ1n) is 10.1. The van der Waals surface area contributed by atoms with Crippen molar-refractivity contribution >= 4 is 17.9 Å². The number of amides is 3. The average Bonchev–Trinajstić information content (AvgIpc) is 3.28. The lowest BCUT2D eigenvalue weighted by Gasteiger charge is -2.36. The zero-order chi connectivity index (χ0) is 21.3. The molecule has 1 aliphatic heterocycles. The fourth-order valence-electron chi connectivity index (χ4n) is 4.16. The van der Waals surface area contributed by atoms with Crippen molar-refractivity contribution in [3.8, 4) is 11.5 Å². The second-order valence-corrected chi connectivity index (χ2v) is 7.97. The minimum atomic E-state index is -0.898. The molecule has 2 aliphatic rings. The Bertz CT molecular complexity index is 987. The molecule has 1 saturated carbocycles. The summed E-state index contributed by atoms with van der Waals surface area (Å²) in [7, 11) is 0. The number of carbonyl (C=O) groups is 3. The van der Waals surface area contributed by atoms with Crippen LogP contribution in [0.4, 0.5) is 4.79 Å². The number of hydrogen-bond acceptors (Lipinski definition) is 7. The molecule has 1 N–H and O–H groups in total. The summed E-state index contributed by atoms with van der Waals surface area (Å²) in [6.07, 6.45) is 3.36. The molecule has 2 atom stereocenters. The van der Waals surface area contributed by atoms with Crippen LogP contribution in [0, 0.1) is 12.8 Å². The number of aromatic nitrogens is 2. The maximum atomic E-state index is 12.9. The molecule has 9 nitrogen and oxygen atoms in total. The van der Waals surface area contributed by atoms with Crippen LogP contribution in [0.15, 0.2) is 28.7 Å². The predicted molar refractivity (Wildman–Crippen MR) is 105 cm³/mol. The molecule has 1 spiro atoms. The molecule has 2 heterocycles. The third-order valence-corrected chi connectivity index (χ3v) is 5.88. The molecule has 1 aliphatic carbocycles. The Labute approximate surface area is 173 Å². The lowest BCUT2D eigenvalue weighted by Crippen LogP contribution is -2.54. The van der Waals surface area contributed by atoms with E-state index < -0.39 is 24.1 Å². The van der Waals surface area contributed by atoms with Crippen molar-refractivity contribution in [3.63, 3.8) is 0 Å². The molecule has 1 aromatic heterocycles. The molecule has 2 fully saturated rings. The number of esters is 1. The van der Waals surface area contributed by atoms with Crippen molar-refractivity contribution in [3.05, 3.63) is 35.7 Å². The third-order valence-electron chi connectivity index (χ3n) is 5.88. The lowest BCUT2D eigenvalue weighted by molar-refractivity contribution is -0.150. The van der Waals surface area contributed by atoms with Crippen LogP contribution < -0.4 is 5.32 Å². The number of carbonyl (C=O) groups excluding carboxylic acids is 3. The summed E-state index contributed by atoms with van der Waals surface area (Å²) >= 11 is 0. The highest BCUT2D eigenvalue weighted by molar-refractivity contribution is 6.08. The highest BCUT2D eigenvalue weighted by Crippen LogP contribution is 2.38. The van der Waals surface area contributed by atoms with Gasteiger partial charge in [-0.3, -0.25) is 14.5 Å². The molecule has 0 bridgehead atoms. The van der Waals surface area contributed by atoms with Crippen LogP contribution in [0.5, 0.6) is 0 Å². The molecule has 0 unspecified atom stereocenters. The van der Waals surface area contributed by atoms with E-state index in [-0.39, 0.29) is 24.3 Å². The van der Waals surface area contributed by atoms with E-state index in [1.807, 2.05) is 38.1 Å². The van der Waals surface area contributed by atoms with Crippen molar-refractivity contribution in [2.45, 2.75) is 51.7 Å². The van der Waals surface area contributed by atoms with E-state index in [9.17, 15) is 14.4 Å². The zero-order valence-corrected chi connectivity index (χ0v) is 17.0. The van der Waals surface area contributed by atoms with E-state index >= 15 is 0 Å². The molecule has 0 radical (unpaired) electrons. The van der Waals surface area contributed by atoms with Crippen molar-refractivity contribution in [2.75, 3.05) is 6.54 Å². The Morgan fingerprint density at radius 1 is 1.33 bits per heavy atom. The second kappa shape index (κ2) is 7.89. The van der Waals surface area contributed by atoms with Gasteiger partial charge in [-0.15, -0.1) is 10.2 Å². The summed E-state index contributed by atoms with van der Waals surface area (Å²) in [6, 6.07) is 7.03. The molecular weight excluding hydrogens is 388 g/mol. The lowest BCUT2D eigenvalue weighted by atomic mass is 9.73. The van der Waals surface area contributed by atoms with Gasteiger partial charge in [0.15, 0.2) is 6.61 Å². The minimum Gasteiger partial charge on any atom is -0.454 e. The Morgan fingerprint density at radius 3 is 2.93 bits per heavy atom. The van der Waals surface area contributed by atoms with Crippen LogP contribution in [-0.2, 0) is 20.9 Å². The van der Waals surface area contributed by atoms with Gasteiger partial charge in [0.25, 0.3) is 11.8 Å². The van der Waals surface area contributed by atoms with Crippen molar-refractivity contribution in [1.29, 1.82) is 0 Å². The largest absolute Gasteiger partial charge is 0.454 e. The molecule has 1 saturated heterocycles. The van der Waals surface area contributed by atoms with Gasteiger partial charge in [0.1, 0.15) is 12.1 Å². The standard InChI is InChI=1S/C21H24N4O5/c1-13-6-5-8-15(10-13)18-24-23-16(30-18)12-29-17(26)11-25-19(27)21(22-20(25)28)9-4-3-7-14(21)2/h5-6,8,10,14H,3-4,7,9,11-12H2,1-2H3,(H,22,28)/t14-,21-/m1/s1. The van der Waals surface area contributed by atoms with Gasteiger partial charge in [-0.05, 0) is 37.8 Å². The van der Waals surface area contributed by atoms with Crippen LogP contribution in [0.25, 0.3) is 11.5 Å². The van der Waals surface area contributed by atoms with Gasteiger partial charge in [-0.1, -0.05) is 37.5 Å². The van der Waals surface area contributed by atoms with Gasteiger partial charge in [0, 0.05) is 5.56 Å². The monoisotopic (exact) mass is 412 g/mol. The molecule has 2 aromatic rings. The first-order valence-corrected chi connectivity index (χ1v) is 10.1. The molecule has 4 rings (SSSR count). The number of imide groups is 1. The van der Waals surface area contributed by atoms with E-state index in [0.717, 1.165) is 35.3 Å². The average molecular weight is 412 g/mol. The summed E-state index contributed by atoms with van der Waals surface area (Å²) in [5, 5.41) is 10.7. The van der Waals surface area contributed by atoms with Gasteiger partial charge in [-0.25, -0.2) is 4.79 Å². The number of ether oxygens (including phenoxy) is 1. The summed E-state index contributed by atoms with van der Waals surface area (Å²) in [6.45, 7) is 3.23. The molecule has 1 aromatic carbocycles. The Hall–Kier alpha value is -3.23.